The first kappa shape index (κ1) is 20.2. The first-order valence-corrected chi connectivity index (χ1v) is 11.1. The van der Waals surface area contributed by atoms with Gasteiger partial charge >= 0.3 is 0 Å². The molecule has 0 saturated carbocycles. The normalized spacial score (nSPS) is 13.3. The molecule has 3 aromatic rings. The molecule has 2 heterocycles. The predicted molar refractivity (Wildman–Crippen MR) is 119 cm³/mol. The molecule has 1 aliphatic heterocycles. The molecule has 0 bridgehead atoms. The molecule has 1 N–H and O–H groups in total. The molecule has 2 amide bonds. The second kappa shape index (κ2) is 8.75. The summed E-state index contributed by atoms with van der Waals surface area (Å²) in [7, 11) is 0. The van der Waals surface area contributed by atoms with Crippen LogP contribution in [-0.4, -0.2) is 34.4 Å². The molecular weight excluding hydrogens is 396 g/mol. The average molecular weight is 421 g/mol. The van der Waals surface area contributed by atoms with Crippen molar-refractivity contribution in [2.24, 2.45) is 0 Å². The summed E-state index contributed by atoms with van der Waals surface area (Å²) >= 11 is 1.68. The van der Waals surface area contributed by atoms with Gasteiger partial charge in [0.05, 0.1) is 12.2 Å². The van der Waals surface area contributed by atoms with Crippen LogP contribution in [0.25, 0.3) is 11.3 Å². The molecule has 0 saturated heterocycles. The third-order valence-corrected chi connectivity index (χ3v) is 5.99. The maximum atomic E-state index is 12.6. The second-order valence-electron chi connectivity index (χ2n) is 7.28. The maximum Gasteiger partial charge on any atom is 0.240 e. The van der Waals surface area contributed by atoms with Gasteiger partial charge in [0.25, 0.3) is 0 Å². The number of thioether (sulfide) groups is 1. The summed E-state index contributed by atoms with van der Waals surface area (Å²) in [6, 6.07) is 18.0. The number of anilines is 1. The Morgan fingerprint density at radius 1 is 1.17 bits per heavy atom. The number of hydrogen-bond acceptors (Lipinski definition) is 4. The quantitative estimate of drug-likeness (QED) is 0.619. The molecule has 4 rings (SSSR count). The van der Waals surface area contributed by atoms with Crippen molar-refractivity contribution in [3.05, 3.63) is 65.7 Å². The van der Waals surface area contributed by atoms with Crippen LogP contribution in [0.3, 0.4) is 0 Å². The van der Waals surface area contributed by atoms with Crippen molar-refractivity contribution in [1.29, 1.82) is 0 Å². The number of fused-ring (bicyclic) bond motifs is 1. The SMILES string of the molecule is CSc1ccc(CNC(=O)CN2C(=O)CCn3nc(-c4ccccc4C)cc32)cc1. The Morgan fingerprint density at radius 3 is 2.67 bits per heavy atom. The van der Waals surface area contributed by atoms with Crippen LogP contribution < -0.4 is 10.2 Å². The third-order valence-electron chi connectivity index (χ3n) is 5.25. The molecule has 1 aliphatic rings. The van der Waals surface area contributed by atoms with E-state index >= 15 is 0 Å². The molecule has 0 radical (unpaired) electrons. The van der Waals surface area contributed by atoms with Gasteiger partial charge in [-0.25, -0.2) is 4.68 Å². The van der Waals surface area contributed by atoms with E-state index in [1.807, 2.05) is 72.5 Å². The smallest absolute Gasteiger partial charge is 0.240 e. The third kappa shape index (κ3) is 4.26. The Kier molecular flexibility index (Phi) is 5.90. The zero-order valence-electron chi connectivity index (χ0n) is 17.1. The lowest BCUT2D eigenvalue weighted by Crippen LogP contribution is -2.44. The molecule has 0 aliphatic carbocycles. The Hall–Kier alpha value is -3.06. The number of amides is 2. The largest absolute Gasteiger partial charge is 0.350 e. The molecule has 0 unspecified atom stereocenters. The van der Waals surface area contributed by atoms with Gasteiger partial charge in [-0.15, -0.1) is 11.8 Å². The first-order valence-electron chi connectivity index (χ1n) is 9.89. The summed E-state index contributed by atoms with van der Waals surface area (Å²) in [4.78, 5) is 27.8. The van der Waals surface area contributed by atoms with Gasteiger partial charge < -0.3 is 5.32 Å². The van der Waals surface area contributed by atoms with Crippen molar-refractivity contribution in [3.8, 4) is 11.3 Å². The minimum atomic E-state index is -0.190. The van der Waals surface area contributed by atoms with Gasteiger partial charge in [0, 0.05) is 29.5 Å². The van der Waals surface area contributed by atoms with E-state index in [-0.39, 0.29) is 18.4 Å². The number of benzene rings is 2. The van der Waals surface area contributed by atoms with Gasteiger partial charge in [-0.3, -0.25) is 14.5 Å². The fraction of sp³-hybridized carbons (Fsp3) is 0.261. The monoisotopic (exact) mass is 420 g/mol. The second-order valence-corrected chi connectivity index (χ2v) is 8.16. The first-order chi connectivity index (χ1) is 14.5. The molecular formula is C23H24N4O2S. The van der Waals surface area contributed by atoms with Gasteiger partial charge in [0.15, 0.2) is 0 Å². The number of hydrogen-bond donors (Lipinski definition) is 1. The lowest BCUT2D eigenvalue weighted by Gasteiger charge is -2.26. The van der Waals surface area contributed by atoms with Gasteiger partial charge in [-0.05, 0) is 36.4 Å². The van der Waals surface area contributed by atoms with Crippen molar-refractivity contribution in [2.75, 3.05) is 17.7 Å². The summed E-state index contributed by atoms with van der Waals surface area (Å²) in [5.41, 5.74) is 4.00. The molecule has 6 nitrogen and oxygen atoms in total. The summed E-state index contributed by atoms with van der Waals surface area (Å²) in [6.07, 6.45) is 2.37. The van der Waals surface area contributed by atoms with E-state index in [4.69, 9.17) is 0 Å². The predicted octanol–water partition coefficient (Wildman–Crippen LogP) is 3.63. The molecule has 1 aromatic heterocycles. The summed E-state index contributed by atoms with van der Waals surface area (Å²) in [6.45, 7) is 2.99. The highest BCUT2D eigenvalue weighted by Gasteiger charge is 2.28. The van der Waals surface area contributed by atoms with Gasteiger partial charge in [0.2, 0.25) is 11.8 Å². The zero-order chi connectivity index (χ0) is 21.1. The number of nitrogens with zero attached hydrogens (tertiary/aromatic N) is 3. The highest BCUT2D eigenvalue weighted by atomic mass is 32.2. The van der Waals surface area contributed by atoms with Crippen LogP contribution in [0.2, 0.25) is 0 Å². The van der Waals surface area contributed by atoms with Crippen molar-refractivity contribution >= 4 is 29.4 Å². The number of aromatic nitrogens is 2. The number of rotatable bonds is 6. The van der Waals surface area contributed by atoms with E-state index in [0.717, 1.165) is 22.4 Å². The summed E-state index contributed by atoms with van der Waals surface area (Å²) in [5, 5.41) is 7.59. The molecule has 30 heavy (non-hydrogen) atoms. The standard InChI is InChI=1S/C23H24N4O2S/c1-16-5-3-4-6-19(16)20-13-22-26(23(29)11-12-27(22)25-20)15-21(28)24-14-17-7-9-18(30-2)10-8-17/h3-10,13H,11-12,14-15H2,1-2H3,(H,24,28). The van der Waals surface area contributed by atoms with Crippen LogP contribution in [0.5, 0.6) is 0 Å². The van der Waals surface area contributed by atoms with E-state index in [9.17, 15) is 9.59 Å². The zero-order valence-corrected chi connectivity index (χ0v) is 17.9. The number of aryl methyl sites for hydroxylation is 2. The summed E-state index contributed by atoms with van der Waals surface area (Å²) in [5.74, 6) is 0.423. The minimum Gasteiger partial charge on any atom is -0.350 e. The van der Waals surface area contributed by atoms with Crippen molar-refractivity contribution in [2.45, 2.75) is 31.3 Å². The van der Waals surface area contributed by atoms with Crippen LogP contribution in [0, 0.1) is 6.92 Å². The van der Waals surface area contributed by atoms with Crippen molar-refractivity contribution < 1.29 is 9.59 Å². The Balaban J connectivity index is 1.47. The Morgan fingerprint density at radius 2 is 1.93 bits per heavy atom. The van der Waals surface area contributed by atoms with Crippen LogP contribution in [0.15, 0.2) is 59.5 Å². The molecule has 0 fully saturated rings. The fourth-order valence-electron chi connectivity index (χ4n) is 3.56. The van der Waals surface area contributed by atoms with Crippen molar-refractivity contribution in [3.63, 3.8) is 0 Å². The molecule has 7 heteroatoms. The van der Waals surface area contributed by atoms with E-state index < -0.39 is 0 Å². The summed E-state index contributed by atoms with van der Waals surface area (Å²) < 4.78 is 1.82. The molecule has 2 aromatic carbocycles. The maximum absolute atomic E-state index is 12.6. The molecule has 0 spiro atoms. The number of carbonyl (C=O) groups excluding carboxylic acids is 2. The number of nitrogens with one attached hydrogen (secondary N) is 1. The molecule has 0 atom stereocenters. The van der Waals surface area contributed by atoms with E-state index in [1.165, 1.54) is 9.80 Å². The van der Waals surface area contributed by atoms with Crippen LogP contribution in [-0.2, 0) is 22.7 Å². The number of carbonyl (C=O) groups is 2. The van der Waals surface area contributed by atoms with Crippen LogP contribution >= 0.6 is 11.8 Å². The molecule has 154 valence electrons. The lowest BCUT2D eigenvalue weighted by atomic mass is 10.1. The van der Waals surface area contributed by atoms with E-state index in [1.54, 1.807) is 11.8 Å². The van der Waals surface area contributed by atoms with Gasteiger partial charge in [-0.2, -0.15) is 5.10 Å². The van der Waals surface area contributed by atoms with E-state index in [2.05, 4.69) is 10.4 Å². The van der Waals surface area contributed by atoms with Crippen molar-refractivity contribution in [1.82, 2.24) is 15.1 Å². The van der Waals surface area contributed by atoms with Gasteiger partial charge in [0.1, 0.15) is 12.4 Å². The van der Waals surface area contributed by atoms with Gasteiger partial charge in [-0.1, -0.05) is 36.4 Å². The van der Waals surface area contributed by atoms with Crippen LogP contribution in [0.4, 0.5) is 5.82 Å². The fourth-order valence-corrected chi connectivity index (χ4v) is 3.97. The average Bonchev–Trinajstić information content (AvgIpc) is 3.19. The minimum absolute atomic E-state index is 0.0133. The Labute approximate surface area is 180 Å². The lowest BCUT2D eigenvalue weighted by molar-refractivity contribution is -0.124. The highest BCUT2D eigenvalue weighted by Crippen LogP contribution is 2.29. The topological polar surface area (TPSA) is 67.2 Å². The van der Waals surface area contributed by atoms with Crippen LogP contribution in [0.1, 0.15) is 17.5 Å². The Bertz CT molecular complexity index is 1080. The van der Waals surface area contributed by atoms with E-state index in [0.29, 0.717) is 25.3 Å². The highest BCUT2D eigenvalue weighted by molar-refractivity contribution is 7.98.